The lowest BCUT2D eigenvalue weighted by atomic mass is 10.0. The quantitative estimate of drug-likeness (QED) is 0.134. The van der Waals surface area contributed by atoms with E-state index in [9.17, 15) is 19.2 Å². The summed E-state index contributed by atoms with van der Waals surface area (Å²) in [5, 5.41) is 14.5. The number of hydrogen-bond acceptors (Lipinski definition) is 5. The molecule has 3 amide bonds. The molecule has 1 unspecified atom stereocenters. The van der Waals surface area contributed by atoms with Crippen molar-refractivity contribution < 1.29 is 24.3 Å². The van der Waals surface area contributed by atoms with Gasteiger partial charge in [0.15, 0.2) is 0 Å². The molecule has 1 aromatic rings. The van der Waals surface area contributed by atoms with Crippen LogP contribution in [0.3, 0.4) is 0 Å². The first-order chi connectivity index (χ1) is 19.0. The zero-order valence-corrected chi connectivity index (χ0v) is 23.5. The average Bonchev–Trinajstić information content (AvgIpc) is 3.24. The number of aliphatic carboxylic acids is 1. The van der Waals surface area contributed by atoms with Crippen LogP contribution in [0.25, 0.3) is 0 Å². The van der Waals surface area contributed by atoms with Crippen LogP contribution in [0.5, 0.6) is 0 Å². The number of carbonyl (C=O) groups is 4. The SMILES string of the molecule is O=C(O)CCCCCCCCCCCCCCCCCNc1cccc2c1CN(C1CCC(=O)NC1=O)C2=O. The molecule has 3 rings (SSSR count). The van der Waals surface area contributed by atoms with Crippen LogP contribution in [0, 0.1) is 0 Å². The van der Waals surface area contributed by atoms with Crippen LogP contribution in [0.2, 0.25) is 0 Å². The second-order valence-electron chi connectivity index (χ2n) is 11.1. The number of fused-ring (bicyclic) bond motifs is 1. The Labute approximate surface area is 233 Å². The Morgan fingerprint density at radius 2 is 1.41 bits per heavy atom. The Kier molecular flexibility index (Phi) is 13.3. The third-order valence-electron chi connectivity index (χ3n) is 7.96. The predicted molar refractivity (Wildman–Crippen MR) is 152 cm³/mol. The van der Waals surface area contributed by atoms with Crippen molar-refractivity contribution in [1.29, 1.82) is 0 Å². The van der Waals surface area contributed by atoms with Crippen molar-refractivity contribution in [3.63, 3.8) is 0 Å². The van der Waals surface area contributed by atoms with E-state index < -0.39 is 12.0 Å². The van der Waals surface area contributed by atoms with E-state index in [1.54, 1.807) is 4.90 Å². The van der Waals surface area contributed by atoms with E-state index in [1.165, 1.54) is 77.0 Å². The monoisotopic (exact) mass is 541 g/mol. The van der Waals surface area contributed by atoms with Gasteiger partial charge in [-0.15, -0.1) is 0 Å². The summed E-state index contributed by atoms with van der Waals surface area (Å²) in [6, 6.07) is 5.13. The number of rotatable bonds is 20. The van der Waals surface area contributed by atoms with Crippen LogP contribution in [-0.4, -0.2) is 46.3 Å². The van der Waals surface area contributed by atoms with Crippen molar-refractivity contribution in [3.05, 3.63) is 29.3 Å². The van der Waals surface area contributed by atoms with Crippen molar-refractivity contribution in [3.8, 4) is 0 Å². The lowest BCUT2D eigenvalue weighted by molar-refractivity contribution is -0.138. The van der Waals surface area contributed by atoms with E-state index in [1.807, 2.05) is 18.2 Å². The number of hydrogen-bond donors (Lipinski definition) is 3. The fourth-order valence-electron chi connectivity index (χ4n) is 5.67. The fourth-order valence-corrected chi connectivity index (χ4v) is 5.67. The number of unbranched alkanes of at least 4 members (excludes halogenated alkanes) is 14. The number of nitrogens with one attached hydrogen (secondary N) is 2. The topological polar surface area (TPSA) is 116 Å². The predicted octanol–water partition coefficient (Wildman–Crippen LogP) is 6.19. The second kappa shape index (κ2) is 16.9. The van der Waals surface area contributed by atoms with Gasteiger partial charge in [-0.25, -0.2) is 0 Å². The number of amides is 3. The first-order valence-electron chi connectivity index (χ1n) is 15.2. The molecule has 0 spiro atoms. The molecule has 0 aliphatic carbocycles. The molecule has 8 heteroatoms. The van der Waals surface area contributed by atoms with Gasteiger partial charge in [-0.1, -0.05) is 89.5 Å². The number of anilines is 1. The highest BCUT2D eigenvalue weighted by Crippen LogP contribution is 2.32. The van der Waals surface area contributed by atoms with E-state index >= 15 is 0 Å². The molecule has 2 aliphatic heterocycles. The van der Waals surface area contributed by atoms with Crippen molar-refractivity contribution in [2.45, 2.75) is 128 Å². The van der Waals surface area contributed by atoms with Crippen LogP contribution < -0.4 is 10.6 Å². The van der Waals surface area contributed by atoms with Crippen LogP contribution in [-0.2, 0) is 20.9 Å². The molecule has 0 radical (unpaired) electrons. The van der Waals surface area contributed by atoms with E-state index in [4.69, 9.17) is 5.11 Å². The molecule has 1 saturated heterocycles. The maximum absolute atomic E-state index is 12.9. The van der Waals surface area contributed by atoms with Gasteiger partial charge in [-0.05, 0) is 31.4 Å². The highest BCUT2D eigenvalue weighted by molar-refractivity contribution is 6.06. The number of benzene rings is 1. The van der Waals surface area contributed by atoms with E-state index in [2.05, 4.69) is 10.6 Å². The third-order valence-corrected chi connectivity index (χ3v) is 7.96. The molecule has 0 saturated carbocycles. The molecule has 0 bridgehead atoms. The highest BCUT2D eigenvalue weighted by atomic mass is 16.4. The Morgan fingerprint density at radius 3 is 1.97 bits per heavy atom. The molecule has 3 N–H and O–H groups in total. The summed E-state index contributed by atoms with van der Waals surface area (Å²) >= 11 is 0. The van der Waals surface area contributed by atoms with Crippen LogP contribution >= 0.6 is 0 Å². The minimum Gasteiger partial charge on any atom is -0.481 e. The van der Waals surface area contributed by atoms with Gasteiger partial charge in [0.05, 0.1) is 0 Å². The van der Waals surface area contributed by atoms with Crippen molar-refractivity contribution in [1.82, 2.24) is 10.2 Å². The van der Waals surface area contributed by atoms with Gasteiger partial charge in [-0.2, -0.15) is 0 Å². The zero-order valence-electron chi connectivity index (χ0n) is 23.5. The van der Waals surface area contributed by atoms with E-state index in [0.29, 0.717) is 24.9 Å². The number of carboxylic acids is 1. The average molecular weight is 542 g/mol. The van der Waals surface area contributed by atoms with E-state index in [0.717, 1.165) is 37.1 Å². The van der Waals surface area contributed by atoms with Crippen LogP contribution in [0.4, 0.5) is 5.69 Å². The van der Waals surface area contributed by atoms with Gasteiger partial charge in [0.2, 0.25) is 11.8 Å². The minimum absolute atomic E-state index is 0.131. The molecule has 8 nitrogen and oxygen atoms in total. The zero-order chi connectivity index (χ0) is 27.9. The Hall–Kier alpha value is -2.90. The third kappa shape index (κ3) is 10.3. The van der Waals surface area contributed by atoms with Crippen molar-refractivity contribution in [2.75, 3.05) is 11.9 Å². The fraction of sp³-hybridized carbons (Fsp3) is 0.677. The van der Waals surface area contributed by atoms with Gasteiger partial charge in [0, 0.05) is 42.7 Å². The minimum atomic E-state index is -0.680. The first-order valence-corrected chi connectivity index (χ1v) is 15.2. The maximum Gasteiger partial charge on any atom is 0.303 e. The smallest absolute Gasteiger partial charge is 0.303 e. The van der Waals surface area contributed by atoms with Crippen LogP contribution in [0.15, 0.2) is 18.2 Å². The standard InChI is InChI=1S/C31H47N3O5/c35-28-21-20-27(30(38)33-28)34-23-25-24(31(34)39)17-16-18-26(25)32-22-15-13-11-9-7-5-3-1-2-4-6-8-10-12-14-19-29(36)37/h16-18,27,32H,1-15,19-23H2,(H,36,37)(H,33,35,38). The molecule has 1 atom stereocenters. The lowest BCUT2D eigenvalue weighted by Crippen LogP contribution is -2.52. The van der Waals surface area contributed by atoms with Gasteiger partial charge < -0.3 is 15.3 Å². The van der Waals surface area contributed by atoms with Crippen molar-refractivity contribution >= 4 is 29.4 Å². The Bertz CT molecular complexity index is 964. The molecule has 2 aliphatic rings. The van der Waals surface area contributed by atoms with Crippen LogP contribution in [0.1, 0.15) is 131 Å². The highest BCUT2D eigenvalue weighted by Gasteiger charge is 2.39. The molecule has 216 valence electrons. The summed E-state index contributed by atoms with van der Waals surface area (Å²) in [5.74, 6) is -1.46. The summed E-state index contributed by atoms with van der Waals surface area (Å²) in [4.78, 5) is 48.8. The molecule has 0 aromatic heterocycles. The van der Waals surface area contributed by atoms with E-state index in [-0.39, 0.29) is 24.1 Å². The molecule has 39 heavy (non-hydrogen) atoms. The summed E-state index contributed by atoms with van der Waals surface area (Å²) in [5.41, 5.74) is 2.56. The molecule has 2 heterocycles. The number of carboxylic acid groups (broad SMARTS) is 1. The molecular formula is C31H47N3O5. The molecule has 1 fully saturated rings. The van der Waals surface area contributed by atoms with Gasteiger partial charge in [0.25, 0.3) is 5.91 Å². The van der Waals surface area contributed by atoms with Gasteiger partial charge in [0.1, 0.15) is 6.04 Å². The number of piperidine rings is 1. The lowest BCUT2D eigenvalue weighted by Gasteiger charge is -2.29. The number of imide groups is 1. The van der Waals surface area contributed by atoms with Gasteiger partial charge >= 0.3 is 5.97 Å². The maximum atomic E-state index is 12.9. The number of nitrogens with zero attached hydrogens (tertiary/aromatic N) is 1. The van der Waals surface area contributed by atoms with Crippen molar-refractivity contribution in [2.24, 2.45) is 0 Å². The largest absolute Gasteiger partial charge is 0.481 e. The summed E-state index contributed by atoms with van der Waals surface area (Å²) in [6.45, 7) is 1.26. The molecule has 1 aromatic carbocycles. The normalized spacial score (nSPS) is 16.9. The van der Waals surface area contributed by atoms with Gasteiger partial charge in [-0.3, -0.25) is 24.5 Å². The first kappa shape index (κ1) is 30.6. The Morgan fingerprint density at radius 1 is 0.846 bits per heavy atom. The summed E-state index contributed by atoms with van der Waals surface area (Å²) in [6.07, 6.45) is 19.2. The second-order valence-corrected chi connectivity index (χ2v) is 11.1. The summed E-state index contributed by atoms with van der Waals surface area (Å²) < 4.78 is 0. The summed E-state index contributed by atoms with van der Waals surface area (Å²) in [7, 11) is 0. The molecular weight excluding hydrogens is 494 g/mol. The Balaban J connectivity index is 1.18. The number of carbonyl (C=O) groups excluding carboxylic acids is 3.